The average molecular weight is 409 g/mol. The molecule has 0 saturated heterocycles. The van der Waals surface area contributed by atoms with Gasteiger partial charge in [0.15, 0.2) is 6.61 Å². The molecule has 3 rings (SSSR count). The summed E-state index contributed by atoms with van der Waals surface area (Å²) in [6, 6.07) is 12.7. The quantitative estimate of drug-likeness (QED) is 0.545. The number of rotatable bonds is 6. The maximum absolute atomic E-state index is 12.7. The van der Waals surface area contributed by atoms with Crippen LogP contribution in [0.25, 0.3) is 0 Å². The van der Waals surface area contributed by atoms with E-state index in [1.807, 2.05) is 35.6 Å². The Hall–Kier alpha value is -4.01. The lowest BCUT2D eigenvalue weighted by atomic mass is 10.1. The van der Waals surface area contributed by atoms with E-state index >= 15 is 0 Å². The zero-order chi connectivity index (χ0) is 21.7. The van der Waals surface area contributed by atoms with E-state index in [0.29, 0.717) is 6.42 Å². The second kappa shape index (κ2) is 8.99. The SMILES string of the molecule is CNC(=O)NC(=O)COC(=O)c1ccc2c(c1)C(=O)N(CCc1ccccc1)C2=O. The molecule has 1 aliphatic heterocycles. The van der Waals surface area contributed by atoms with Crippen LogP contribution in [0.15, 0.2) is 48.5 Å². The van der Waals surface area contributed by atoms with E-state index in [0.717, 1.165) is 10.5 Å². The fourth-order valence-electron chi connectivity index (χ4n) is 2.95. The average Bonchev–Trinajstić information content (AvgIpc) is 3.00. The Balaban J connectivity index is 1.65. The van der Waals surface area contributed by atoms with Crippen molar-refractivity contribution in [3.05, 3.63) is 70.8 Å². The molecule has 9 nitrogen and oxygen atoms in total. The van der Waals surface area contributed by atoms with Crippen molar-refractivity contribution in [1.82, 2.24) is 15.5 Å². The van der Waals surface area contributed by atoms with Gasteiger partial charge in [-0.3, -0.25) is 24.6 Å². The molecule has 2 N–H and O–H groups in total. The third-order valence-electron chi connectivity index (χ3n) is 4.49. The number of hydrogen-bond acceptors (Lipinski definition) is 6. The number of fused-ring (bicyclic) bond motifs is 1. The van der Waals surface area contributed by atoms with E-state index in [1.54, 1.807) is 0 Å². The van der Waals surface area contributed by atoms with Crippen molar-refractivity contribution in [3.63, 3.8) is 0 Å². The van der Waals surface area contributed by atoms with Crippen molar-refractivity contribution in [2.24, 2.45) is 0 Å². The van der Waals surface area contributed by atoms with Gasteiger partial charge in [0.05, 0.1) is 16.7 Å². The molecule has 2 aromatic carbocycles. The molecule has 0 saturated carbocycles. The third-order valence-corrected chi connectivity index (χ3v) is 4.49. The molecule has 30 heavy (non-hydrogen) atoms. The molecule has 0 unspecified atom stereocenters. The third kappa shape index (κ3) is 4.52. The number of benzene rings is 2. The minimum Gasteiger partial charge on any atom is -0.452 e. The topological polar surface area (TPSA) is 122 Å². The molecule has 0 spiro atoms. The number of esters is 1. The zero-order valence-corrected chi connectivity index (χ0v) is 16.1. The first kappa shape index (κ1) is 20.7. The molecule has 0 radical (unpaired) electrons. The molecular formula is C21H19N3O6. The Morgan fingerprint density at radius 2 is 1.67 bits per heavy atom. The van der Waals surface area contributed by atoms with Gasteiger partial charge >= 0.3 is 12.0 Å². The lowest BCUT2D eigenvalue weighted by molar-refractivity contribution is -0.123. The number of carbonyl (C=O) groups is 5. The Morgan fingerprint density at radius 1 is 0.967 bits per heavy atom. The van der Waals surface area contributed by atoms with Crippen molar-refractivity contribution in [2.45, 2.75) is 6.42 Å². The van der Waals surface area contributed by atoms with E-state index in [9.17, 15) is 24.0 Å². The lowest BCUT2D eigenvalue weighted by Crippen LogP contribution is -2.39. The van der Waals surface area contributed by atoms with Crippen LogP contribution in [0.2, 0.25) is 0 Å². The number of nitrogens with one attached hydrogen (secondary N) is 2. The summed E-state index contributed by atoms with van der Waals surface area (Å²) >= 11 is 0. The number of hydrogen-bond donors (Lipinski definition) is 2. The normalized spacial score (nSPS) is 12.4. The van der Waals surface area contributed by atoms with Crippen LogP contribution in [0, 0.1) is 0 Å². The minimum atomic E-state index is -0.854. The first-order valence-electron chi connectivity index (χ1n) is 9.13. The molecule has 2 aromatic rings. The van der Waals surface area contributed by atoms with Crippen LogP contribution >= 0.6 is 0 Å². The maximum atomic E-state index is 12.7. The van der Waals surface area contributed by atoms with Crippen molar-refractivity contribution in [3.8, 4) is 0 Å². The summed E-state index contributed by atoms with van der Waals surface area (Å²) in [5.74, 6) is -2.57. The second-order valence-electron chi connectivity index (χ2n) is 6.46. The van der Waals surface area contributed by atoms with Crippen LogP contribution in [-0.4, -0.2) is 54.8 Å². The van der Waals surface area contributed by atoms with Gasteiger partial charge in [-0.2, -0.15) is 0 Å². The number of imide groups is 2. The molecular weight excluding hydrogens is 390 g/mol. The van der Waals surface area contributed by atoms with E-state index in [2.05, 4.69) is 5.32 Å². The van der Waals surface area contributed by atoms with Gasteiger partial charge in [0.2, 0.25) is 0 Å². The molecule has 5 amide bonds. The van der Waals surface area contributed by atoms with Crippen molar-refractivity contribution >= 4 is 29.7 Å². The molecule has 1 aliphatic rings. The van der Waals surface area contributed by atoms with Crippen LogP contribution in [0.3, 0.4) is 0 Å². The Kier molecular flexibility index (Phi) is 6.21. The van der Waals surface area contributed by atoms with Crippen molar-refractivity contribution < 1.29 is 28.7 Å². The van der Waals surface area contributed by atoms with Gasteiger partial charge < -0.3 is 10.1 Å². The molecule has 0 fully saturated rings. The van der Waals surface area contributed by atoms with Crippen LogP contribution in [-0.2, 0) is 16.0 Å². The number of carbonyl (C=O) groups excluding carboxylic acids is 5. The monoisotopic (exact) mass is 409 g/mol. The number of urea groups is 1. The summed E-state index contributed by atoms with van der Waals surface area (Å²) in [7, 11) is 1.33. The van der Waals surface area contributed by atoms with Gasteiger partial charge in [0, 0.05) is 13.6 Å². The van der Waals surface area contributed by atoms with Gasteiger partial charge in [-0.05, 0) is 30.2 Å². The minimum absolute atomic E-state index is 0.0209. The van der Waals surface area contributed by atoms with E-state index in [-0.39, 0.29) is 23.2 Å². The number of amides is 5. The zero-order valence-electron chi connectivity index (χ0n) is 16.1. The van der Waals surface area contributed by atoms with Gasteiger partial charge in [0.1, 0.15) is 0 Å². The van der Waals surface area contributed by atoms with Gasteiger partial charge in [-0.1, -0.05) is 30.3 Å². The Bertz CT molecular complexity index is 1020. The molecule has 1 heterocycles. The highest BCUT2D eigenvalue weighted by Gasteiger charge is 2.35. The lowest BCUT2D eigenvalue weighted by Gasteiger charge is -2.13. The van der Waals surface area contributed by atoms with E-state index in [4.69, 9.17) is 4.74 Å². The molecule has 0 atom stereocenters. The molecule has 9 heteroatoms. The largest absolute Gasteiger partial charge is 0.452 e. The van der Waals surface area contributed by atoms with Crippen LogP contribution in [0.4, 0.5) is 4.79 Å². The first-order valence-corrected chi connectivity index (χ1v) is 9.13. The van der Waals surface area contributed by atoms with Crippen molar-refractivity contribution in [1.29, 1.82) is 0 Å². The summed E-state index contributed by atoms with van der Waals surface area (Å²) in [4.78, 5) is 61.1. The summed E-state index contributed by atoms with van der Waals surface area (Å²) in [5, 5.41) is 4.14. The summed E-state index contributed by atoms with van der Waals surface area (Å²) < 4.78 is 4.85. The van der Waals surface area contributed by atoms with Crippen LogP contribution < -0.4 is 10.6 Å². The van der Waals surface area contributed by atoms with Gasteiger partial charge in [-0.25, -0.2) is 9.59 Å². The highest BCUT2D eigenvalue weighted by molar-refractivity contribution is 6.22. The summed E-state index contributed by atoms with van der Waals surface area (Å²) in [6.07, 6.45) is 0.516. The highest BCUT2D eigenvalue weighted by Crippen LogP contribution is 2.24. The highest BCUT2D eigenvalue weighted by atomic mass is 16.5. The maximum Gasteiger partial charge on any atom is 0.338 e. The first-order chi connectivity index (χ1) is 14.4. The van der Waals surface area contributed by atoms with Crippen molar-refractivity contribution in [2.75, 3.05) is 20.2 Å². The van der Waals surface area contributed by atoms with Gasteiger partial charge in [0.25, 0.3) is 17.7 Å². The van der Waals surface area contributed by atoms with E-state index < -0.39 is 36.3 Å². The predicted octanol–water partition coefficient (Wildman–Crippen LogP) is 1.14. The van der Waals surface area contributed by atoms with Crippen LogP contribution in [0.5, 0.6) is 0 Å². The number of ether oxygens (including phenoxy) is 1. The van der Waals surface area contributed by atoms with Crippen LogP contribution in [0.1, 0.15) is 36.6 Å². The fourth-order valence-corrected chi connectivity index (χ4v) is 2.95. The predicted molar refractivity (Wildman–Crippen MR) is 105 cm³/mol. The molecule has 154 valence electrons. The number of nitrogens with zero attached hydrogens (tertiary/aromatic N) is 1. The smallest absolute Gasteiger partial charge is 0.338 e. The van der Waals surface area contributed by atoms with Gasteiger partial charge in [-0.15, -0.1) is 0 Å². The summed E-state index contributed by atoms with van der Waals surface area (Å²) in [6.45, 7) is -0.449. The van der Waals surface area contributed by atoms with E-state index in [1.165, 1.54) is 25.2 Å². The second-order valence-corrected chi connectivity index (χ2v) is 6.46. The Morgan fingerprint density at radius 3 is 2.37 bits per heavy atom. The Labute approximate surface area is 172 Å². The fraction of sp³-hybridized carbons (Fsp3) is 0.190. The molecule has 0 bridgehead atoms. The molecule has 0 aliphatic carbocycles. The molecule has 0 aromatic heterocycles. The summed E-state index contributed by atoms with van der Waals surface area (Å²) in [5.41, 5.74) is 1.33. The standard InChI is InChI=1S/C21H19N3O6/c1-22-21(29)23-17(25)12-30-20(28)14-7-8-15-16(11-14)19(27)24(18(15)26)10-9-13-5-3-2-4-6-13/h2-8,11H,9-10,12H2,1H3,(H2,22,23,25,29).